The van der Waals surface area contributed by atoms with Gasteiger partial charge in [0.25, 0.3) is 0 Å². The summed E-state index contributed by atoms with van der Waals surface area (Å²) in [6.07, 6.45) is -0.798. The number of nitrogens with one attached hydrogen (secondary N) is 3. The fourth-order valence-corrected chi connectivity index (χ4v) is 4.28. The summed E-state index contributed by atoms with van der Waals surface area (Å²) >= 11 is 0. The van der Waals surface area contributed by atoms with Gasteiger partial charge >= 0.3 is 12.1 Å². The fourth-order valence-electron chi connectivity index (χ4n) is 4.28. The number of methoxy groups -OCH3 is 1. The molecule has 2 aromatic rings. The number of carbonyl (C=O) groups excluding carboxylic acids is 5. The van der Waals surface area contributed by atoms with Crippen LogP contribution in [0.1, 0.15) is 65.0 Å². The molecule has 246 valence electrons. The minimum atomic E-state index is -1.23. The highest BCUT2D eigenvalue weighted by atomic mass is 16.6. The second kappa shape index (κ2) is 17.6. The first-order chi connectivity index (χ1) is 21.2. The molecule has 45 heavy (non-hydrogen) atoms. The monoisotopic (exact) mass is 626 g/mol. The Morgan fingerprint density at radius 1 is 0.800 bits per heavy atom. The second-order valence-corrected chi connectivity index (χ2v) is 12.1. The number of hydrogen-bond donors (Lipinski definition) is 4. The van der Waals surface area contributed by atoms with Crippen molar-refractivity contribution in [2.24, 2.45) is 11.7 Å². The Morgan fingerprint density at radius 2 is 1.38 bits per heavy atom. The van der Waals surface area contributed by atoms with Gasteiger partial charge in [0.2, 0.25) is 17.7 Å². The maximum absolute atomic E-state index is 13.6. The van der Waals surface area contributed by atoms with Gasteiger partial charge in [-0.1, -0.05) is 56.3 Å². The topological polar surface area (TPSA) is 175 Å². The predicted molar refractivity (Wildman–Crippen MR) is 168 cm³/mol. The number of rotatable bonds is 16. The van der Waals surface area contributed by atoms with Gasteiger partial charge in [0, 0.05) is 12.8 Å². The van der Waals surface area contributed by atoms with Gasteiger partial charge in [-0.3, -0.25) is 14.4 Å². The molecule has 0 aliphatic heterocycles. The van der Waals surface area contributed by atoms with E-state index >= 15 is 0 Å². The summed E-state index contributed by atoms with van der Waals surface area (Å²) < 4.78 is 16.0. The Balaban J connectivity index is 2.24. The molecule has 0 spiro atoms. The van der Waals surface area contributed by atoms with Crippen LogP contribution in [-0.4, -0.2) is 60.6 Å². The number of carbonyl (C=O) groups is 5. The van der Waals surface area contributed by atoms with Crippen LogP contribution in [0, 0.1) is 5.92 Å². The lowest BCUT2D eigenvalue weighted by Gasteiger charge is -2.26. The van der Waals surface area contributed by atoms with Crippen LogP contribution in [0.3, 0.4) is 0 Å². The van der Waals surface area contributed by atoms with E-state index in [1.165, 1.54) is 7.11 Å². The molecule has 0 aliphatic carbocycles. The van der Waals surface area contributed by atoms with Crippen molar-refractivity contribution < 1.29 is 38.2 Å². The van der Waals surface area contributed by atoms with Gasteiger partial charge in [0.05, 0.1) is 7.11 Å². The van der Waals surface area contributed by atoms with Crippen molar-refractivity contribution in [3.05, 3.63) is 65.7 Å². The fraction of sp³-hybridized carbons (Fsp3) is 0.485. The molecule has 2 aromatic carbocycles. The number of alkyl carbamates (subject to hydrolysis) is 1. The zero-order valence-corrected chi connectivity index (χ0v) is 26.9. The van der Waals surface area contributed by atoms with Gasteiger partial charge in [-0.2, -0.15) is 0 Å². The number of para-hydroxylation sites is 1. The summed E-state index contributed by atoms with van der Waals surface area (Å²) in [5.74, 6) is -1.92. The molecule has 0 unspecified atom stereocenters. The molecule has 4 amide bonds. The summed E-state index contributed by atoms with van der Waals surface area (Å²) in [6, 6.07) is 13.4. The highest BCUT2D eigenvalue weighted by molar-refractivity contribution is 5.93. The zero-order valence-electron chi connectivity index (χ0n) is 26.9. The van der Waals surface area contributed by atoms with Gasteiger partial charge in [0.1, 0.15) is 36.1 Å². The van der Waals surface area contributed by atoms with Gasteiger partial charge in [-0.05, 0) is 62.8 Å². The first-order valence-corrected chi connectivity index (χ1v) is 14.9. The molecule has 0 bridgehead atoms. The average molecular weight is 627 g/mol. The van der Waals surface area contributed by atoms with E-state index in [-0.39, 0.29) is 25.2 Å². The van der Waals surface area contributed by atoms with Crippen molar-refractivity contribution in [2.45, 2.75) is 90.6 Å². The molecule has 0 fully saturated rings. The summed E-state index contributed by atoms with van der Waals surface area (Å²) in [4.78, 5) is 63.5. The van der Waals surface area contributed by atoms with Crippen LogP contribution >= 0.6 is 0 Å². The first kappa shape index (κ1) is 36.6. The maximum atomic E-state index is 13.6. The Labute approximate surface area is 264 Å². The van der Waals surface area contributed by atoms with Gasteiger partial charge in [-0.15, -0.1) is 0 Å². The average Bonchev–Trinajstić information content (AvgIpc) is 2.96. The van der Waals surface area contributed by atoms with E-state index in [9.17, 15) is 24.0 Å². The minimum Gasteiger partial charge on any atom is -0.489 e. The quantitative estimate of drug-likeness (QED) is 0.206. The van der Waals surface area contributed by atoms with Crippen LogP contribution < -0.4 is 26.4 Å². The standard InChI is InChI=1S/C33H46N4O8/c1-21(2)18-27(31(41)43-6)36-29(39)25(16-17-28(34)38)35-30(40)26(37-32(42)45-33(3,4)5)19-22-12-14-23(15-13-22)20-44-24-10-8-7-9-11-24/h7-15,21,25-27H,16-20H2,1-6H3,(H2,34,38)(H,35,40)(H,36,39)(H,37,42)/t25-,26-,27-/m0/s1. The van der Waals surface area contributed by atoms with Crippen LogP contribution in [0.5, 0.6) is 5.75 Å². The number of esters is 1. The molecule has 0 saturated carbocycles. The predicted octanol–water partition coefficient (Wildman–Crippen LogP) is 3.16. The molecule has 5 N–H and O–H groups in total. The molecule has 0 radical (unpaired) electrons. The summed E-state index contributed by atoms with van der Waals surface area (Å²) in [6.45, 7) is 9.17. The van der Waals surface area contributed by atoms with Crippen molar-refractivity contribution in [1.82, 2.24) is 16.0 Å². The van der Waals surface area contributed by atoms with E-state index in [0.29, 0.717) is 13.0 Å². The SMILES string of the molecule is COC(=O)[C@H](CC(C)C)NC(=O)[C@H](CCC(N)=O)NC(=O)[C@H](Cc1ccc(COc2ccccc2)cc1)NC(=O)OC(C)(C)C. The van der Waals surface area contributed by atoms with Crippen molar-refractivity contribution in [3.8, 4) is 5.75 Å². The Morgan fingerprint density at radius 3 is 1.93 bits per heavy atom. The van der Waals surface area contributed by atoms with Gasteiger partial charge in [0.15, 0.2) is 0 Å². The number of benzene rings is 2. The minimum absolute atomic E-state index is 0.0479. The van der Waals surface area contributed by atoms with E-state index < -0.39 is 53.5 Å². The van der Waals surface area contributed by atoms with Crippen molar-refractivity contribution in [2.75, 3.05) is 7.11 Å². The summed E-state index contributed by atoms with van der Waals surface area (Å²) in [7, 11) is 1.21. The van der Waals surface area contributed by atoms with Crippen LogP contribution in [0.25, 0.3) is 0 Å². The Hall–Kier alpha value is -4.61. The molecule has 3 atom stereocenters. The molecule has 0 aliphatic rings. The first-order valence-electron chi connectivity index (χ1n) is 14.9. The lowest BCUT2D eigenvalue weighted by atomic mass is 10.0. The van der Waals surface area contributed by atoms with E-state index in [0.717, 1.165) is 16.9 Å². The van der Waals surface area contributed by atoms with Crippen molar-refractivity contribution >= 4 is 29.8 Å². The maximum Gasteiger partial charge on any atom is 0.408 e. The molecule has 12 heteroatoms. The van der Waals surface area contributed by atoms with Crippen LogP contribution in [0.2, 0.25) is 0 Å². The third kappa shape index (κ3) is 14.1. The summed E-state index contributed by atoms with van der Waals surface area (Å²) in [5, 5.41) is 7.83. The molecule has 12 nitrogen and oxygen atoms in total. The Bertz CT molecular complexity index is 1280. The third-order valence-electron chi connectivity index (χ3n) is 6.44. The lowest BCUT2D eigenvalue weighted by molar-refractivity contribution is -0.146. The van der Waals surface area contributed by atoms with E-state index in [2.05, 4.69) is 16.0 Å². The molecule has 0 saturated heterocycles. The Kier molecular flexibility index (Phi) is 14.3. The highest BCUT2D eigenvalue weighted by Crippen LogP contribution is 2.15. The third-order valence-corrected chi connectivity index (χ3v) is 6.44. The van der Waals surface area contributed by atoms with E-state index in [1.807, 2.05) is 68.4 Å². The molecule has 2 rings (SSSR count). The largest absolute Gasteiger partial charge is 0.489 e. The number of amides is 4. The number of nitrogens with two attached hydrogens (primary N) is 1. The van der Waals surface area contributed by atoms with E-state index in [4.69, 9.17) is 19.9 Å². The van der Waals surface area contributed by atoms with Gasteiger partial charge < -0.3 is 35.9 Å². The molecule has 0 aromatic heterocycles. The second-order valence-electron chi connectivity index (χ2n) is 12.1. The summed E-state index contributed by atoms with van der Waals surface area (Å²) in [5.41, 5.74) is 6.11. The van der Waals surface area contributed by atoms with Gasteiger partial charge in [-0.25, -0.2) is 9.59 Å². The smallest absolute Gasteiger partial charge is 0.408 e. The van der Waals surface area contributed by atoms with Crippen LogP contribution in [0.4, 0.5) is 4.79 Å². The molecular weight excluding hydrogens is 580 g/mol. The molecule has 0 heterocycles. The van der Waals surface area contributed by atoms with E-state index in [1.54, 1.807) is 20.8 Å². The van der Waals surface area contributed by atoms with Crippen LogP contribution in [0.15, 0.2) is 54.6 Å². The number of primary amides is 1. The van der Waals surface area contributed by atoms with Crippen molar-refractivity contribution in [3.63, 3.8) is 0 Å². The van der Waals surface area contributed by atoms with Crippen molar-refractivity contribution in [1.29, 1.82) is 0 Å². The number of ether oxygens (including phenoxy) is 3. The number of hydrogen-bond acceptors (Lipinski definition) is 8. The lowest BCUT2D eigenvalue weighted by Crippen LogP contribution is -2.56. The van der Waals surface area contributed by atoms with Crippen LogP contribution in [-0.2, 0) is 41.7 Å². The zero-order chi connectivity index (χ0) is 33.6. The highest BCUT2D eigenvalue weighted by Gasteiger charge is 2.31. The normalized spacial score (nSPS) is 13.1. The molecular formula is C33H46N4O8.